The van der Waals surface area contributed by atoms with Crippen molar-refractivity contribution in [1.82, 2.24) is 4.98 Å². The Hall–Kier alpha value is -2.82. The average Bonchev–Trinajstić information content (AvgIpc) is 2.95. The van der Waals surface area contributed by atoms with Crippen molar-refractivity contribution in [3.8, 4) is 11.3 Å². The van der Waals surface area contributed by atoms with E-state index in [1.54, 1.807) is 6.92 Å². The van der Waals surface area contributed by atoms with Gasteiger partial charge in [-0.3, -0.25) is 0 Å². The number of pyridine rings is 2. The molecule has 3 heterocycles. The molecule has 1 aromatic carbocycles. The second-order valence-corrected chi connectivity index (χ2v) is 7.41. The quantitative estimate of drug-likeness (QED) is 0.346. The molecule has 0 fully saturated rings. The predicted molar refractivity (Wildman–Crippen MR) is 102 cm³/mol. The largest absolute Gasteiger partial charge is 0.437 e. The lowest BCUT2D eigenvalue weighted by Crippen LogP contribution is -2.31. The smallest absolute Gasteiger partial charge is 0.230 e. The van der Waals surface area contributed by atoms with E-state index in [4.69, 9.17) is 4.42 Å². The topological polar surface area (TPSA) is 29.9 Å². The minimum Gasteiger partial charge on any atom is -0.437 e. The summed E-state index contributed by atoms with van der Waals surface area (Å²) in [5.74, 6) is -0.663. The number of aromatic nitrogens is 2. The summed E-state index contributed by atoms with van der Waals surface area (Å²) in [5, 5.41) is 0.873. The highest BCUT2D eigenvalue weighted by Gasteiger charge is 2.25. The lowest BCUT2D eigenvalue weighted by atomic mass is 9.96. The van der Waals surface area contributed by atoms with Crippen LogP contribution in [0.5, 0.6) is 0 Å². The van der Waals surface area contributed by atoms with Crippen molar-refractivity contribution in [3.63, 3.8) is 0 Å². The van der Waals surface area contributed by atoms with Crippen LogP contribution in [0.4, 0.5) is 8.78 Å². The molecular weight excluding hydrogens is 346 g/mol. The van der Waals surface area contributed by atoms with Gasteiger partial charge in [0.25, 0.3) is 0 Å². The maximum absolute atomic E-state index is 14.9. The third kappa shape index (κ3) is 2.69. The molecule has 0 aliphatic heterocycles. The van der Waals surface area contributed by atoms with Crippen LogP contribution in [0.1, 0.15) is 36.5 Å². The molecule has 0 amide bonds. The maximum Gasteiger partial charge on any atom is 0.230 e. The molecule has 0 atom stereocenters. The first kappa shape index (κ1) is 17.6. The summed E-state index contributed by atoms with van der Waals surface area (Å²) in [6.45, 7) is 7.85. The Morgan fingerprint density at radius 1 is 1.04 bits per heavy atom. The number of rotatable bonds is 2. The fourth-order valence-corrected chi connectivity index (χ4v) is 3.67. The van der Waals surface area contributed by atoms with Crippen LogP contribution in [0.3, 0.4) is 0 Å². The third-order valence-corrected chi connectivity index (χ3v) is 5.13. The molecule has 0 saturated carbocycles. The predicted octanol–water partition coefficient (Wildman–Crippen LogP) is 5.49. The molecule has 0 aliphatic carbocycles. The molecular formula is C22H21F2N2O+. The van der Waals surface area contributed by atoms with Crippen molar-refractivity contribution < 1.29 is 17.8 Å². The van der Waals surface area contributed by atoms with Gasteiger partial charge in [0.05, 0.1) is 16.3 Å². The zero-order valence-electron chi connectivity index (χ0n) is 16.0. The van der Waals surface area contributed by atoms with Crippen molar-refractivity contribution in [2.45, 2.75) is 33.6 Å². The minimum atomic E-state index is -0.634. The Balaban J connectivity index is 2.17. The molecule has 4 aromatic rings. The van der Waals surface area contributed by atoms with Gasteiger partial charge in [-0.15, -0.1) is 0 Å². The highest BCUT2D eigenvalue weighted by molar-refractivity contribution is 6.10. The Morgan fingerprint density at radius 2 is 1.78 bits per heavy atom. The summed E-state index contributed by atoms with van der Waals surface area (Å²) in [5.41, 5.74) is 4.78. The van der Waals surface area contributed by atoms with Crippen molar-refractivity contribution in [2.75, 3.05) is 0 Å². The van der Waals surface area contributed by atoms with Crippen LogP contribution in [0, 0.1) is 25.6 Å². The van der Waals surface area contributed by atoms with Crippen molar-refractivity contribution >= 4 is 22.1 Å². The Labute approximate surface area is 156 Å². The van der Waals surface area contributed by atoms with Crippen molar-refractivity contribution in [2.24, 2.45) is 7.05 Å². The van der Waals surface area contributed by atoms with E-state index in [9.17, 15) is 8.78 Å². The van der Waals surface area contributed by atoms with Crippen LogP contribution in [0.2, 0.25) is 0 Å². The molecule has 4 rings (SSSR count). The van der Waals surface area contributed by atoms with Crippen LogP contribution in [-0.4, -0.2) is 4.98 Å². The number of halogens is 2. The molecule has 138 valence electrons. The average molecular weight is 367 g/mol. The molecule has 0 unspecified atom stereocenters. The van der Waals surface area contributed by atoms with Crippen molar-refractivity contribution in [1.29, 1.82) is 0 Å². The molecule has 5 heteroatoms. The Kier molecular flexibility index (Phi) is 3.98. The maximum atomic E-state index is 14.9. The molecule has 0 spiro atoms. The van der Waals surface area contributed by atoms with Crippen LogP contribution >= 0.6 is 0 Å². The zero-order chi connectivity index (χ0) is 19.5. The molecule has 27 heavy (non-hydrogen) atoms. The summed E-state index contributed by atoms with van der Waals surface area (Å²) in [6, 6.07) is 6.98. The van der Waals surface area contributed by atoms with Gasteiger partial charge >= 0.3 is 0 Å². The molecule has 3 aromatic heterocycles. The van der Waals surface area contributed by atoms with Crippen LogP contribution in [0.25, 0.3) is 33.3 Å². The van der Waals surface area contributed by atoms with Crippen LogP contribution in [0.15, 0.2) is 34.9 Å². The van der Waals surface area contributed by atoms with Gasteiger partial charge in [0.2, 0.25) is 17.4 Å². The molecule has 0 N–H and O–H groups in total. The first-order chi connectivity index (χ1) is 12.8. The van der Waals surface area contributed by atoms with E-state index in [1.807, 2.05) is 24.7 Å². The minimum absolute atomic E-state index is 0.121. The summed E-state index contributed by atoms with van der Waals surface area (Å²) >= 11 is 0. The first-order valence-electron chi connectivity index (χ1n) is 8.96. The first-order valence-corrected chi connectivity index (χ1v) is 8.96. The van der Waals surface area contributed by atoms with Gasteiger partial charge in [-0.25, -0.2) is 8.96 Å². The normalized spacial score (nSPS) is 11.9. The van der Waals surface area contributed by atoms with Gasteiger partial charge in [-0.2, -0.15) is 9.37 Å². The number of fused-ring (bicyclic) bond motifs is 3. The number of nitrogens with zero attached hydrogens (tertiary/aromatic N) is 2. The van der Waals surface area contributed by atoms with Gasteiger partial charge in [0, 0.05) is 12.1 Å². The lowest BCUT2D eigenvalue weighted by molar-refractivity contribution is -0.660. The number of hydrogen-bond donors (Lipinski definition) is 0. The van der Waals surface area contributed by atoms with Crippen LogP contribution < -0.4 is 4.57 Å². The molecule has 0 bridgehead atoms. The third-order valence-electron chi connectivity index (χ3n) is 5.13. The molecule has 3 nitrogen and oxygen atoms in total. The number of aryl methyl sites for hydroxylation is 3. The lowest BCUT2D eigenvalue weighted by Gasteiger charge is -2.10. The Bertz CT molecular complexity index is 1210. The van der Waals surface area contributed by atoms with E-state index in [0.717, 1.165) is 16.8 Å². The number of furan rings is 1. The van der Waals surface area contributed by atoms with Gasteiger partial charge in [0.1, 0.15) is 12.9 Å². The van der Waals surface area contributed by atoms with Crippen molar-refractivity contribution in [3.05, 3.63) is 58.9 Å². The van der Waals surface area contributed by atoms with E-state index in [1.165, 1.54) is 17.7 Å². The van der Waals surface area contributed by atoms with E-state index >= 15 is 0 Å². The van der Waals surface area contributed by atoms with Gasteiger partial charge in [-0.05, 0) is 48.6 Å². The summed E-state index contributed by atoms with van der Waals surface area (Å²) < 4.78 is 36.6. The highest BCUT2D eigenvalue weighted by Crippen LogP contribution is 2.39. The van der Waals surface area contributed by atoms with E-state index in [0.29, 0.717) is 27.8 Å². The number of benzene rings is 1. The Morgan fingerprint density at radius 3 is 2.48 bits per heavy atom. The second-order valence-electron chi connectivity index (χ2n) is 7.41. The van der Waals surface area contributed by atoms with E-state index in [2.05, 4.69) is 31.0 Å². The monoisotopic (exact) mass is 367 g/mol. The molecule has 0 radical (unpaired) electrons. The number of hydrogen-bond acceptors (Lipinski definition) is 2. The standard InChI is InChI=1S/C22H21F2N2O/c1-11(2)14-6-7-26(5)16(10-14)18-12(3)8-15(23)20-19-13(4)9-17(24)25-22(19)27-21(18)20/h6-11H,1-5H3/q+1. The summed E-state index contributed by atoms with van der Waals surface area (Å²) in [6.07, 6.45) is 1.99. The van der Waals surface area contributed by atoms with Gasteiger partial charge in [0.15, 0.2) is 11.8 Å². The zero-order valence-corrected chi connectivity index (χ0v) is 16.0. The summed E-state index contributed by atoms with van der Waals surface area (Å²) in [7, 11) is 1.94. The van der Waals surface area contributed by atoms with E-state index in [-0.39, 0.29) is 11.5 Å². The summed E-state index contributed by atoms with van der Waals surface area (Å²) in [4.78, 5) is 3.84. The second kappa shape index (κ2) is 6.12. The van der Waals surface area contributed by atoms with Crippen LogP contribution in [-0.2, 0) is 7.05 Å². The fourth-order valence-electron chi connectivity index (χ4n) is 3.67. The SMILES string of the molecule is Cc1cc(F)c2c(oc3nc(F)cc(C)c32)c1-c1cc(C(C)C)cc[n+]1C. The van der Waals surface area contributed by atoms with E-state index < -0.39 is 5.95 Å². The fraction of sp³-hybridized carbons (Fsp3) is 0.273. The highest BCUT2D eigenvalue weighted by atomic mass is 19.1. The van der Waals surface area contributed by atoms with Gasteiger partial charge in [-0.1, -0.05) is 13.8 Å². The molecule has 0 saturated heterocycles. The van der Waals surface area contributed by atoms with Gasteiger partial charge < -0.3 is 4.42 Å². The molecule has 0 aliphatic rings.